The van der Waals surface area contributed by atoms with Gasteiger partial charge < -0.3 is 18.0 Å². The van der Waals surface area contributed by atoms with Crippen molar-refractivity contribution in [2.24, 2.45) is 0 Å². The first kappa shape index (κ1) is 81.1. The molecule has 0 N–H and O–H groups in total. The van der Waals surface area contributed by atoms with Gasteiger partial charge in [-0.1, -0.05) is 326 Å². The summed E-state index contributed by atoms with van der Waals surface area (Å²) >= 11 is 3.50. The summed E-state index contributed by atoms with van der Waals surface area (Å²) in [5.41, 5.74) is 20.0. The lowest BCUT2D eigenvalue weighted by Gasteiger charge is -2.20. The van der Waals surface area contributed by atoms with Crippen LogP contribution in [0.2, 0.25) is 0 Å². The fourth-order valence-corrected chi connectivity index (χ4v) is 21.5. The van der Waals surface area contributed by atoms with Gasteiger partial charge in [0.15, 0.2) is 11.6 Å². The number of para-hydroxylation sites is 10. The van der Waals surface area contributed by atoms with Crippen molar-refractivity contribution in [2.45, 2.75) is 105 Å². The molecule has 0 spiro atoms. The largest absolute Gasteiger partial charge is 0.438 e. The minimum absolute atomic E-state index is 0.0987. The molecule has 26 rings (SSSR count). The van der Waals surface area contributed by atoms with E-state index in [1.165, 1.54) is 85.1 Å². The first-order valence-electron chi connectivity index (χ1n) is 45.0. The summed E-state index contributed by atoms with van der Waals surface area (Å²) in [6.45, 7) is 26.5. The molecule has 0 amide bonds. The lowest BCUT2D eigenvalue weighted by Crippen LogP contribution is -2.16. The minimum atomic E-state index is -0.175. The average Bonchev–Trinajstić information content (AvgIpc) is 1.58. The molecule has 0 radical (unpaired) electrons. The van der Waals surface area contributed by atoms with Crippen molar-refractivity contribution in [3.8, 4) is 46.0 Å². The lowest BCUT2D eigenvalue weighted by atomic mass is 9.89. The van der Waals surface area contributed by atoms with Crippen LogP contribution in [0.25, 0.3) is 218 Å². The Morgan fingerprint density at radius 2 is 0.500 bits per heavy atom. The van der Waals surface area contributed by atoms with Crippen LogP contribution in [0.15, 0.2) is 349 Å². The van der Waals surface area contributed by atoms with Crippen molar-refractivity contribution >= 4 is 195 Å². The summed E-state index contributed by atoms with van der Waals surface area (Å²) in [6.07, 6.45) is 0. The molecule has 14 aromatic carbocycles. The van der Waals surface area contributed by atoms with Gasteiger partial charge in [0.25, 0.3) is 0 Å². The summed E-state index contributed by atoms with van der Waals surface area (Å²) in [5.74, 6) is 2.85. The number of furan rings is 2. The quantitative estimate of drug-likeness (QED) is 0.157. The smallest absolute Gasteiger partial charge is 0.238 e. The maximum atomic E-state index is 6.22. The van der Waals surface area contributed by atoms with Gasteiger partial charge >= 0.3 is 0 Å². The van der Waals surface area contributed by atoms with Crippen LogP contribution in [0.4, 0.5) is 0 Å². The molecule has 26 aromatic rings. The van der Waals surface area contributed by atoms with E-state index in [0.717, 1.165) is 133 Å². The van der Waals surface area contributed by atoms with Crippen LogP contribution >= 0.6 is 22.7 Å². The summed E-state index contributed by atoms with van der Waals surface area (Å²) in [6, 6.07) is 119. The minimum Gasteiger partial charge on any atom is -0.438 e. The molecule has 0 saturated heterocycles. The number of benzene rings is 14. The topological polar surface area (TPSA) is 149 Å². The summed E-state index contributed by atoms with van der Waals surface area (Å²) in [4.78, 5) is 42.9. The second-order valence-electron chi connectivity index (χ2n) is 38.2. The Kier molecular flexibility index (Phi) is 19.2. The first-order chi connectivity index (χ1) is 64.0. The number of hydrogen-bond acceptors (Lipinski definition) is 12. The van der Waals surface area contributed by atoms with E-state index in [0.29, 0.717) is 23.2 Å². The second kappa shape index (κ2) is 31.2. The predicted octanol–water partition coefficient (Wildman–Crippen LogP) is 31.4. The summed E-state index contributed by atoms with van der Waals surface area (Å²) < 4.78 is 23.9. The van der Waals surface area contributed by atoms with E-state index in [2.05, 4.69) is 399 Å². The number of aromatic nitrogens is 12. The van der Waals surface area contributed by atoms with Gasteiger partial charge in [0.1, 0.15) is 20.8 Å². The highest BCUT2D eigenvalue weighted by Gasteiger charge is 2.32. The number of fused-ring (bicyclic) bond motifs is 24. The molecule has 0 atom stereocenters. The van der Waals surface area contributed by atoms with Crippen LogP contribution in [0.1, 0.15) is 106 Å². The van der Waals surface area contributed by atoms with E-state index in [4.69, 9.17) is 48.7 Å². The summed E-state index contributed by atoms with van der Waals surface area (Å²) in [5, 5.41) is 18.7. The van der Waals surface area contributed by atoms with Crippen LogP contribution in [0.3, 0.4) is 0 Å². The van der Waals surface area contributed by atoms with Crippen molar-refractivity contribution in [2.75, 3.05) is 0 Å². The van der Waals surface area contributed by atoms with Gasteiger partial charge in [-0.05, 0) is 97.1 Å². The van der Waals surface area contributed by atoms with Gasteiger partial charge in [0, 0.05) is 129 Å². The van der Waals surface area contributed by atoms with Crippen LogP contribution < -0.4 is 0 Å². The number of thiophene rings is 2. The van der Waals surface area contributed by atoms with Crippen LogP contribution in [-0.4, -0.2) is 58.1 Å². The molecule has 0 aliphatic rings. The molecule has 14 nitrogen and oxygen atoms in total. The molecule has 0 saturated carbocycles. The highest BCUT2D eigenvalue weighted by molar-refractivity contribution is 7.25. The molecule has 12 heterocycles. The van der Waals surface area contributed by atoms with E-state index >= 15 is 0 Å². The van der Waals surface area contributed by atoms with Crippen molar-refractivity contribution in [1.82, 2.24) is 58.1 Å². The molecule has 132 heavy (non-hydrogen) atoms. The van der Waals surface area contributed by atoms with E-state index in [1.54, 1.807) is 22.7 Å². The first-order valence-corrected chi connectivity index (χ1v) is 46.6. The monoisotopic (exact) mass is 1750 g/mol. The van der Waals surface area contributed by atoms with Crippen LogP contribution in [-0.2, 0) is 21.7 Å². The summed E-state index contributed by atoms with van der Waals surface area (Å²) in [7, 11) is 0. The van der Waals surface area contributed by atoms with Crippen molar-refractivity contribution in [3.63, 3.8) is 0 Å². The molecule has 0 aliphatic heterocycles. The zero-order valence-electron chi connectivity index (χ0n) is 75.3. The van der Waals surface area contributed by atoms with E-state index in [-0.39, 0.29) is 21.7 Å². The van der Waals surface area contributed by atoms with E-state index in [9.17, 15) is 0 Å². The molecule has 0 unspecified atom stereocenters. The molecular formula is C116H92N12O2S2. The van der Waals surface area contributed by atoms with Gasteiger partial charge in [-0.15, -0.1) is 22.7 Å². The number of rotatable bonds is 6. The Bertz CT molecular complexity index is 8480. The molecule has 640 valence electrons. The standard InChI is InChI=1S/C32H25N3O.C32H25N3S.C26H21N3O.C26H21N3S/c2*1-32(2,3)29-28-24-14-8-10-16-27(24)36-31(28)34-30(33-29)20-17-18-23-22-13-7-9-15-25(22)35(26(23)19-20)21-11-5-4-6-12-21;2*1-26(2,3)23-22-18-12-6-9-15-21(18)30-24(22)28-25(27-23)29-19-13-7-4-10-16(19)17-11-5-8-14-20(17)29/h2*4-19H,1-3H3;2*4-15H,1-3H3. The molecule has 0 fully saturated rings. The fraction of sp³-hybridized carbons (Fsp3) is 0.138. The van der Waals surface area contributed by atoms with E-state index < -0.39 is 0 Å². The third-order valence-corrected chi connectivity index (χ3v) is 27.4. The zero-order valence-corrected chi connectivity index (χ0v) is 77.0. The van der Waals surface area contributed by atoms with Crippen LogP contribution in [0, 0.1) is 0 Å². The van der Waals surface area contributed by atoms with Crippen molar-refractivity contribution in [3.05, 3.63) is 362 Å². The SMILES string of the molecule is CC(C)(C)c1nc(-c2ccc3c4ccccc4n(-c4ccccc4)c3c2)nc2oc3ccccc3c12.CC(C)(C)c1nc(-c2ccc3c4ccccc4n(-c4ccccc4)c3c2)nc2sc3ccccc3c12.CC(C)(C)c1nc(-n2c3ccccc3c3ccccc32)nc2oc3ccccc3c12.CC(C)(C)c1nc(-n2c3ccccc3c3ccccc32)nc2sc3ccccc3c12. The Morgan fingerprint density at radius 3 is 0.886 bits per heavy atom. The molecular weight excluding hydrogens is 1660 g/mol. The van der Waals surface area contributed by atoms with Crippen molar-refractivity contribution < 1.29 is 8.83 Å². The third kappa shape index (κ3) is 13.7. The van der Waals surface area contributed by atoms with Gasteiger partial charge in [-0.3, -0.25) is 9.13 Å². The van der Waals surface area contributed by atoms with Gasteiger partial charge in [0.2, 0.25) is 23.3 Å². The Hall–Kier alpha value is -15.4. The molecule has 16 heteroatoms. The van der Waals surface area contributed by atoms with Gasteiger partial charge in [0.05, 0.1) is 77.7 Å². The van der Waals surface area contributed by atoms with Crippen molar-refractivity contribution in [1.29, 1.82) is 0 Å². The maximum Gasteiger partial charge on any atom is 0.238 e. The second-order valence-corrected chi connectivity index (χ2v) is 40.3. The number of hydrogen-bond donors (Lipinski definition) is 0. The fourth-order valence-electron chi connectivity index (χ4n) is 19.3. The van der Waals surface area contributed by atoms with Gasteiger partial charge in [-0.2, -0.15) is 9.97 Å². The predicted molar refractivity (Wildman–Crippen MR) is 551 cm³/mol. The molecule has 0 aliphatic carbocycles. The number of nitrogens with zero attached hydrogens (tertiary/aromatic N) is 12. The average molecular weight is 1750 g/mol. The Morgan fingerprint density at radius 1 is 0.220 bits per heavy atom. The Labute approximate surface area is 769 Å². The van der Waals surface area contributed by atoms with Crippen LogP contribution in [0.5, 0.6) is 0 Å². The molecule has 0 bridgehead atoms. The molecule has 12 aromatic heterocycles. The maximum absolute atomic E-state index is 6.22. The zero-order chi connectivity index (χ0) is 89.8. The van der Waals surface area contributed by atoms with E-state index in [1.807, 2.05) is 42.5 Å². The highest BCUT2D eigenvalue weighted by Crippen LogP contribution is 2.47. The third-order valence-electron chi connectivity index (χ3n) is 25.2. The Balaban J connectivity index is 0.000000100. The highest BCUT2D eigenvalue weighted by atomic mass is 32.1. The van der Waals surface area contributed by atoms with Gasteiger partial charge in [-0.25, -0.2) is 29.9 Å². The lowest BCUT2D eigenvalue weighted by molar-refractivity contribution is 0.569. The normalized spacial score (nSPS) is 12.4.